The zero-order chi connectivity index (χ0) is 10.3. The normalized spacial score (nSPS) is 31.8. The molecule has 1 aliphatic heterocycles. The van der Waals surface area contributed by atoms with Crippen LogP contribution in [-0.2, 0) is 0 Å². The topological polar surface area (TPSA) is 71.2 Å². The van der Waals surface area contributed by atoms with E-state index in [1.807, 2.05) is 0 Å². The van der Waals surface area contributed by atoms with Crippen molar-refractivity contribution in [2.24, 2.45) is 0 Å². The quantitative estimate of drug-likeness (QED) is 0.751. The summed E-state index contributed by atoms with van der Waals surface area (Å²) in [6, 6.07) is 0.0429. The van der Waals surface area contributed by atoms with Gasteiger partial charge in [-0.15, -0.1) is 0 Å². The van der Waals surface area contributed by atoms with E-state index in [-0.39, 0.29) is 12.1 Å². The summed E-state index contributed by atoms with van der Waals surface area (Å²) in [7, 11) is 0. The molecule has 0 radical (unpaired) electrons. The van der Waals surface area contributed by atoms with E-state index in [2.05, 4.69) is 15.5 Å². The maximum absolute atomic E-state index is 9.38. The number of nitrogens with one attached hydrogen (secondary N) is 1. The molecule has 0 aromatic carbocycles. The highest BCUT2D eigenvalue weighted by atomic mass is 16.5. The SMILES string of the molecule is O[C@@H]1CN[C@@H](c2nc(C3CCC3)no2)C1. The molecule has 0 amide bonds. The minimum atomic E-state index is -0.283. The number of aliphatic hydroxyl groups is 1. The van der Waals surface area contributed by atoms with E-state index >= 15 is 0 Å². The summed E-state index contributed by atoms with van der Waals surface area (Å²) < 4.78 is 5.22. The van der Waals surface area contributed by atoms with Crippen molar-refractivity contribution in [3.05, 3.63) is 11.7 Å². The number of hydrogen-bond donors (Lipinski definition) is 2. The van der Waals surface area contributed by atoms with Crippen LogP contribution in [-0.4, -0.2) is 27.9 Å². The Balaban J connectivity index is 1.72. The molecule has 1 saturated heterocycles. The maximum Gasteiger partial charge on any atom is 0.243 e. The molecule has 2 atom stereocenters. The zero-order valence-corrected chi connectivity index (χ0v) is 8.52. The Kier molecular flexibility index (Phi) is 2.21. The van der Waals surface area contributed by atoms with Crippen LogP contribution in [0.4, 0.5) is 0 Å². The predicted molar refractivity (Wildman–Crippen MR) is 52.3 cm³/mol. The van der Waals surface area contributed by atoms with Gasteiger partial charge >= 0.3 is 0 Å². The highest BCUT2D eigenvalue weighted by Gasteiger charge is 2.30. The number of β-amino-alcohol motifs (C(OH)–C–C–N with tert-alkyl or cyclic N) is 1. The first kappa shape index (κ1) is 9.30. The summed E-state index contributed by atoms with van der Waals surface area (Å²) in [6.45, 7) is 0.617. The first-order valence-electron chi connectivity index (χ1n) is 5.58. The van der Waals surface area contributed by atoms with Gasteiger partial charge in [0.1, 0.15) is 0 Å². The van der Waals surface area contributed by atoms with Gasteiger partial charge in [0.2, 0.25) is 5.89 Å². The fraction of sp³-hybridized carbons (Fsp3) is 0.800. The maximum atomic E-state index is 9.38. The van der Waals surface area contributed by atoms with Crippen LogP contribution in [0.2, 0.25) is 0 Å². The smallest absolute Gasteiger partial charge is 0.243 e. The molecular formula is C10H15N3O2. The van der Waals surface area contributed by atoms with Crippen LogP contribution in [0.25, 0.3) is 0 Å². The fourth-order valence-corrected chi connectivity index (χ4v) is 2.13. The summed E-state index contributed by atoms with van der Waals surface area (Å²) in [6.07, 6.45) is 4.02. The summed E-state index contributed by atoms with van der Waals surface area (Å²) in [5.41, 5.74) is 0. The van der Waals surface area contributed by atoms with Crippen LogP contribution >= 0.6 is 0 Å². The van der Waals surface area contributed by atoms with Crippen LogP contribution in [0.3, 0.4) is 0 Å². The van der Waals surface area contributed by atoms with Gasteiger partial charge in [0.05, 0.1) is 12.1 Å². The first-order valence-corrected chi connectivity index (χ1v) is 5.58. The molecule has 1 aromatic rings. The molecule has 1 aliphatic carbocycles. The van der Waals surface area contributed by atoms with Crippen molar-refractivity contribution in [2.45, 2.75) is 43.7 Å². The lowest BCUT2D eigenvalue weighted by molar-refractivity contribution is 0.191. The van der Waals surface area contributed by atoms with E-state index in [9.17, 15) is 5.11 Å². The van der Waals surface area contributed by atoms with Crippen LogP contribution in [0.5, 0.6) is 0 Å². The molecule has 15 heavy (non-hydrogen) atoms. The third-order valence-corrected chi connectivity index (χ3v) is 3.33. The molecule has 1 aromatic heterocycles. The first-order chi connectivity index (χ1) is 7.33. The minimum Gasteiger partial charge on any atom is -0.392 e. The van der Waals surface area contributed by atoms with Crippen LogP contribution in [0.1, 0.15) is 49.4 Å². The van der Waals surface area contributed by atoms with Crippen molar-refractivity contribution in [1.29, 1.82) is 0 Å². The van der Waals surface area contributed by atoms with Crippen molar-refractivity contribution >= 4 is 0 Å². The highest BCUT2D eigenvalue weighted by Crippen LogP contribution is 2.35. The average Bonchev–Trinajstić information content (AvgIpc) is 2.70. The van der Waals surface area contributed by atoms with E-state index in [1.54, 1.807) is 0 Å². The van der Waals surface area contributed by atoms with Gasteiger partial charge in [-0.05, 0) is 19.3 Å². The van der Waals surface area contributed by atoms with E-state index in [0.29, 0.717) is 24.8 Å². The molecule has 5 heteroatoms. The Morgan fingerprint density at radius 1 is 1.40 bits per heavy atom. The molecule has 0 bridgehead atoms. The summed E-state index contributed by atoms with van der Waals surface area (Å²) in [5.74, 6) is 1.99. The number of aliphatic hydroxyl groups excluding tert-OH is 1. The number of aromatic nitrogens is 2. The third kappa shape index (κ3) is 1.66. The second-order valence-corrected chi connectivity index (χ2v) is 4.47. The lowest BCUT2D eigenvalue weighted by Gasteiger charge is -2.21. The van der Waals surface area contributed by atoms with E-state index < -0.39 is 0 Å². The molecule has 1 saturated carbocycles. The van der Waals surface area contributed by atoms with Crippen molar-refractivity contribution in [3.8, 4) is 0 Å². The van der Waals surface area contributed by atoms with Gasteiger partial charge in [0, 0.05) is 12.5 Å². The molecule has 2 N–H and O–H groups in total. The van der Waals surface area contributed by atoms with E-state index in [4.69, 9.17) is 4.52 Å². The van der Waals surface area contributed by atoms with Gasteiger partial charge < -0.3 is 14.9 Å². The minimum absolute atomic E-state index is 0.0429. The van der Waals surface area contributed by atoms with Gasteiger partial charge in [-0.25, -0.2) is 0 Å². The van der Waals surface area contributed by atoms with Crippen LogP contribution in [0.15, 0.2) is 4.52 Å². The van der Waals surface area contributed by atoms with E-state index in [0.717, 1.165) is 5.82 Å². The summed E-state index contributed by atoms with van der Waals surface area (Å²) in [5, 5.41) is 16.5. The van der Waals surface area contributed by atoms with Gasteiger partial charge in [-0.3, -0.25) is 0 Å². The fourth-order valence-electron chi connectivity index (χ4n) is 2.13. The van der Waals surface area contributed by atoms with Crippen molar-refractivity contribution in [3.63, 3.8) is 0 Å². The van der Waals surface area contributed by atoms with Gasteiger partial charge in [-0.2, -0.15) is 4.98 Å². The Morgan fingerprint density at radius 2 is 2.27 bits per heavy atom. The number of hydrogen-bond acceptors (Lipinski definition) is 5. The van der Waals surface area contributed by atoms with Crippen LogP contribution < -0.4 is 5.32 Å². The molecule has 5 nitrogen and oxygen atoms in total. The summed E-state index contributed by atoms with van der Waals surface area (Å²) >= 11 is 0. The Hall–Kier alpha value is -0.940. The van der Waals surface area contributed by atoms with Crippen LogP contribution in [0, 0.1) is 0 Å². The zero-order valence-electron chi connectivity index (χ0n) is 8.52. The molecule has 0 unspecified atom stereocenters. The van der Waals surface area contributed by atoms with Crippen molar-refractivity contribution in [2.75, 3.05) is 6.54 Å². The highest BCUT2D eigenvalue weighted by molar-refractivity contribution is 5.03. The van der Waals surface area contributed by atoms with Gasteiger partial charge in [0.25, 0.3) is 0 Å². The van der Waals surface area contributed by atoms with Gasteiger partial charge in [-0.1, -0.05) is 11.6 Å². The largest absolute Gasteiger partial charge is 0.392 e. The number of nitrogens with zero attached hydrogens (tertiary/aromatic N) is 2. The monoisotopic (exact) mass is 209 g/mol. The van der Waals surface area contributed by atoms with Gasteiger partial charge in [0.15, 0.2) is 5.82 Å². The molecule has 0 spiro atoms. The molecule has 3 rings (SSSR count). The lowest BCUT2D eigenvalue weighted by atomic mass is 9.85. The summed E-state index contributed by atoms with van der Waals surface area (Å²) in [4.78, 5) is 4.40. The molecule has 2 heterocycles. The Bertz CT molecular complexity index is 348. The molecular weight excluding hydrogens is 194 g/mol. The Labute approximate surface area is 87.9 Å². The second kappa shape index (κ2) is 3.57. The van der Waals surface area contributed by atoms with E-state index in [1.165, 1.54) is 19.3 Å². The van der Waals surface area contributed by atoms with Crippen molar-refractivity contribution in [1.82, 2.24) is 15.5 Å². The molecule has 2 fully saturated rings. The average molecular weight is 209 g/mol. The standard InChI is InChI=1S/C10H15N3O2/c14-7-4-8(11-5-7)10-12-9(13-15-10)6-2-1-3-6/h6-8,11,14H,1-5H2/t7-,8+/m0/s1. The predicted octanol–water partition coefficient (Wildman–Crippen LogP) is 0.732. The lowest BCUT2D eigenvalue weighted by Crippen LogP contribution is -2.15. The number of rotatable bonds is 2. The second-order valence-electron chi connectivity index (χ2n) is 4.47. The molecule has 82 valence electrons. The Morgan fingerprint density at radius 3 is 2.87 bits per heavy atom. The third-order valence-electron chi connectivity index (χ3n) is 3.33. The molecule has 2 aliphatic rings. The van der Waals surface area contributed by atoms with Crippen molar-refractivity contribution < 1.29 is 9.63 Å².